The third kappa shape index (κ3) is 4.86. The number of carbonyl (C=O) groups excluding carboxylic acids is 1. The molecule has 1 amide bonds. The van der Waals surface area contributed by atoms with Crippen LogP contribution in [-0.2, 0) is 4.79 Å². The van der Waals surface area contributed by atoms with Crippen LogP contribution in [0.5, 0.6) is 5.75 Å². The van der Waals surface area contributed by atoms with Gasteiger partial charge in [0.15, 0.2) is 0 Å². The number of likely N-dealkylation sites (N-methyl/N-ethyl adjacent to an activating group) is 1. The fourth-order valence-corrected chi connectivity index (χ4v) is 3.00. The highest BCUT2D eigenvalue weighted by molar-refractivity contribution is 6.02. The number of nitrogens with one attached hydrogen (secondary N) is 2. The third-order valence-electron chi connectivity index (χ3n) is 4.64. The zero-order valence-corrected chi connectivity index (χ0v) is 15.4. The Balaban J connectivity index is 1.56. The molecule has 0 atom stereocenters. The van der Waals surface area contributed by atoms with Crippen molar-refractivity contribution in [3.8, 4) is 5.75 Å². The molecule has 0 unspecified atom stereocenters. The van der Waals surface area contributed by atoms with Gasteiger partial charge in [-0.25, -0.2) is 0 Å². The lowest BCUT2D eigenvalue weighted by atomic mass is 10.2. The summed E-state index contributed by atoms with van der Waals surface area (Å²) in [5, 5.41) is 2.90. The lowest BCUT2D eigenvalue weighted by Crippen LogP contribution is -3.12. The Kier molecular flexibility index (Phi) is 5.92. The van der Waals surface area contributed by atoms with Crippen LogP contribution in [0.2, 0.25) is 0 Å². The molecule has 0 saturated carbocycles. The highest BCUT2D eigenvalue weighted by atomic mass is 16.5. The van der Waals surface area contributed by atoms with Gasteiger partial charge in [-0.05, 0) is 48.0 Å². The molecule has 136 valence electrons. The van der Waals surface area contributed by atoms with Crippen LogP contribution in [0.1, 0.15) is 5.56 Å². The van der Waals surface area contributed by atoms with E-state index in [2.05, 4.69) is 29.4 Å². The number of carbonyl (C=O) groups is 1. The molecule has 1 saturated heterocycles. The fourth-order valence-electron chi connectivity index (χ4n) is 3.00. The molecule has 5 nitrogen and oxygen atoms in total. The second kappa shape index (κ2) is 8.54. The summed E-state index contributed by atoms with van der Waals surface area (Å²) < 4.78 is 5.18. The van der Waals surface area contributed by atoms with E-state index in [9.17, 15) is 4.79 Å². The topological polar surface area (TPSA) is 46.0 Å². The van der Waals surface area contributed by atoms with Crippen molar-refractivity contribution in [3.63, 3.8) is 0 Å². The standard InChI is InChI=1S/C21H25N3O2/c1-23-12-14-24(15-13-23)19-9-7-18(8-10-19)22-21(25)11-6-17-4-3-5-20(16-17)26-2/h3-11,16H,12-15H2,1-2H3,(H,22,25)/p+1/b11-6+. The number of benzene rings is 2. The van der Waals surface area contributed by atoms with E-state index in [0.717, 1.165) is 43.2 Å². The quantitative estimate of drug-likeness (QED) is 0.805. The Labute approximate surface area is 154 Å². The van der Waals surface area contributed by atoms with E-state index in [0.29, 0.717) is 0 Å². The molecule has 1 aliphatic heterocycles. The van der Waals surface area contributed by atoms with Crippen LogP contribution in [0, 0.1) is 0 Å². The van der Waals surface area contributed by atoms with Gasteiger partial charge in [-0.15, -0.1) is 0 Å². The van der Waals surface area contributed by atoms with Crippen LogP contribution in [0.3, 0.4) is 0 Å². The predicted octanol–water partition coefficient (Wildman–Crippen LogP) is 1.68. The summed E-state index contributed by atoms with van der Waals surface area (Å²) in [7, 11) is 3.86. The van der Waals surface area contributed by atoms with Crippen molar-refractivity contribution in [2.75, 3.05) is 50.6 Å². The summed E-state index contributed by atoms with van der Waals surface area (Å²) in [6.07, 6.45) is 3.31. The number of ether oxygens (including phenoxy) is 1. The third-order valence-corrected chi connectivity index (χ3v) is 4.64. The van der Waals surface area contributed by atoms with E-state index in [-0.39, 0.29) is 5.91 Å². The number of nitrogens with zero attached hydrogens (tertiary/aromatic N) is 1. The lowest BCUT2D eigenvalue weighted by Gasteiger charge is -2.31. The maximum absolute atomic E-state index is 12.1. The fraction of sp³-hybridized carbons (Fsp3) is 0.286. The Morgan fingerprint density at radius 2 is 1.88 bits per heavy atom. The van der Waals surface area contributed by atoms with Gasteiger partial charge in [0.2, 0.25) is 5.91 Å². The van der Waals surface area contributed by atoms with Gasteiger partial charge >= 0.3 is 0 Å². The van der Waals surface area contributed by atoms with Crippen molar-refractivity contribution >= 4 is 23.4 Å². The summed E-state index contributed by atoms with van der Waals surface area (Å²) in [6.45, 7) is 4.46. The maximum Gasteiger partial charge on any atom is 0.248 e. The number of hydrogen-bond acceptors (Lipinski definition) is 3. The molecule has 1 aliphatic rings. The molecule has 2 aromatic rings. The highest BCUT2D eigenvalue weighted by Crippen LogP contribution is 2.18. The number of quaternary nitrogens is 1. The van der Waals surface area contributed by atoms with Crippen molar-refractivity contribution in [2.45, 2.75) is 0 Å². The SMILES string of the molecule is COc1cccc(/C=C/C(=O)Nc2ccc(N3CC[NH+](C)CC3)cc2)c1. The molecule has 2 N–H and O–H groups in total. The highest BCUT2D eigenvalue weighted by Gasteiger charge is 2.16. The van der Waals surface area contributed by atoms with Crippen molar-refractivity contribution in [1.82, 2.24) is 0 Å². The zero-order chi connectivity index (χ0) is 18.4. The van der Waals surface area contributed by atoms with E-state index in [4.69, 9.17) is 4.74 Å². The molecule has 3 rings (SSSR count). The maximum atomic E-state index is 12.1. The van der Waals surface area contributed by atoms with Crippen molar-refractivity contribution < 1.29 is 14.4 Å². The van der Waals surface area contributed by atoms with Crippen LogP contribution in [0.4, 0.5) is 11.4 Å². The summed E-state index contributed by atoms with van der Waals surface area (Å²) in [6, 6.07) is 15.6. The Hall–Kier alpha value is -2.79. The molecule has 0 radical (unpaired) electrons. The van der Waals surface area contributed by atoms with E-state index in [1.54, 1.807) is 18.1 Å². The van der Waals surface area contributed by atoms with Crippen LogP contribution >= 0.6 is 0 Å². The van der Waals surface area contributed by atoms with Crippen LogP contribution in [0.15, 0.2) is 54.6 Å². The van der Waals surface area contributed by atoms with E-state index < -0.39 is 0 Å². The first kappa shape index (κ1) is 18.0. The van der Waals surface area contributed by atoms with Gasteiger partial charge in [-0.1, -0.05) is 12.1 Å². The van der Waals surface area contributed by atoms with E-state index in [1.807, 2.05) is 36.4 Å². The van der Waals surface area contributed by atoms with Crippen LogP contribution in [-0.4, -0.2) is 46.2 Å². The Morgan fingerprint density at radius 1 is 1.15 bits per heavy atom. The second-order valence-corrected chi connectivity index (χ2v) is 6.59. The van der Waals surface area contributed by atoms with Crippen LogP contribution < -0.4 is 19.9 Å². The molecular formula is C21H26N3O2+. The average Bonchev–Trinajstić information content (AvgIpc) is 2.68. The van der Waals surface area contributed by atoms with Gasteiger partial charge in [0.25, 0.3) is 0 Å². The number of methoxy groups -OCH3 is 1. The van der Waals surface area contributed by atoms with Gasteiger partial charge in [0, 0.05) is 17.5 Å². The van der Waals surface area contributed by atoms with Crippen molar-refractivity contribution in [1.29, 1.82) is 0 Å². The predicted molar refractivity (Wildman–Crippen MR) is 106 cm³/mol. The molecule has 5 heteroatoms. The summed E-state index contributed by atoms with van der Waals surface area (Å²) in [5.41, 5.74) is 2.93. The molecule has 0 aromatic heterocycles. The minimum Gasteiger partial charge on any atom is -0.497 e. The van der Waals surface area contributed by atoms with Gasteiger partial charge < -0.3 is 19.9 Å². The number of hydrogen-bond donors (Lipinski definition) is 2. The molecular weight excluding hydrogens is 326 g/mol. The minimum absolute atomic E-state index is 0.149. The summed E-state index contributed by atoms with van der Waals surface area (Å²) in [4.78, 5) is 16.1. The van der Waals surface area contributed by atoms with Gasteiger partial charge in [-0.2, -0.15) is 0 Å². The number of amides is 1. The number of piperazine rings is 1. The molecule has 2 aromatic carbocycles. The molecule has 1 fully saturated rings. The zero-order valence-electron chi connectivity index (χ0n) is 15.4. The lowest BCUT2D eigenvalue weighted by molar-refractivity contribution is -0.880. The monoisotopic (exact) mass is 352 g/mol. The normalized spacial score (nSPS) is 15.2. The smallest absolute Gasteiger partial charge is 0.248 e. The first-order chi connectivity index (χ1) is 12.6. The van der Waals surface area contributed by atoms with E-state index in [1.165, 1.54) is 11.8 Å². The number of rotatable bonds is 5. The van der Waals surface area contributed by atoms with Crippen LogP contribution in [0.25, 0.3) is 6.08 Å². The van der Waals surface area contributed by atoms with Gasteiger partial charge in [0.1, 0.15) is 5.75 Å². The van der Waals surface area contributed by atoms with Gasteiger partial charge in [-0.3, -0.25) is 4.79 Å². The molecule has 0 bridgehead atoms. The Morgan fingerprint density at radius 3 is 2.58 bits per heavy atom. The number of anilines is 2. The first-order valence-electron chi connectivity index (χ1n) is 8.93. The average molecular weight is 352 g/mol. The van der Waals surface area contributed by atoms with E-state index >= 15 is 0 Å². The van der Waals surface area contributed by atoms with Crippen molar-refractivity contribution in [3.05, 3.63) is 60.2 Å². The molecule has 0 spiro atoms. The molecule has 26 heavy (non-hydrogen) atoms. The molecule has 0 aliphatic carbocycles. The first-order valence-corrected chi connectivity index (χ1v) is 8.93. The second-order valence-electron chi connectivity index (χ2n) is 6.59. The summed E-state index contributed by atoms with van der Waals surface area (Å²) >= 11 is 0. The Bertz CT molecular complexity index is 763. The summed E-state index contributed by atoms with van der Waals surface area (Å²) in [5.74, 6) is 0.623. The largest absolute Gasteiger partial charge is 0.497 e. The molecule has 1 heterocycles. The van der Waals surface area contributed by atoms with Gasteiger partial charge in [0.05, 0.1) is 40.3 Å². The van der Waals surface area contributed by atoms with Crippen molar-refractivity contribution in [2.24, 2.45) is 0 Å². The minimum atomic E-state index is -0.149.